The van der Waals surface area contributed by atoms with Crippen molar-refractivity contribution in [1.82, 2.24) is 5.32 Å². The quantitative estimate of drug-likeness (QED) is 0.193. The Morgan fingerprint density at radius 1 is 0.737 bits per heavy atom. The van der Waals surface area contributed by atoms with Crippen molar-refractivity contribution in [1.29, 1.82) is 0 Å². The largest absolute Gasteiger partial charge is 0.465 e. The molecule has 2 fully saturated rings. The van der Waals surface area contributed by atoms with Crippen molar-refractivity contribution in [2.75, 3.05) is 26.4 Å². The van der Waals surface area contributed by atoms with E-state index in [-0.39, 0.29) is 55.1 Å². The predicted molar refractivity (Wildman–Crippen MR) is 137 cm³/mol. The highest BCUT2D eigenvalue weighted by Gasteiger charge is 2.75. The molecule has 0 atom stereocenters. The molecule has 0 unspecified atom stereocenters. The summed E-state index contributed by atoms with van der Waals surface area (Å²) in [4.78, 5) is 68.0. The monoisotopic (exact) mass is 535 g/mol. The molecule has 38 heavy (non-hydrogen) atoms. The van der Waals surface area contributed by atoms with Gasteiger partial charge >= 0.3 is 23.9 Å². The Hall–Kier alpha value is -3.17. The van der Waals surface area contributed by atoms with Crippen molar-refractivity contribution in [3.63, 3.8) is 0 Å². The molecule has 10 nitrogen and oxygen atoms in total. The summed E-state index contributed by atoms with van der Waals surface area (Å²) in [6.45, 7) is 11.2. The van der Waals surface area contributed by atoms with Crippen LogP contribution in [0, 0.1) is 10.8 Å². The first kappa shape index (κ1) is 31.1. The molecule has 10 heteroatoms. The van der Waals surface area contributed by atoms with Crippen LogP contribution in [0.2, 0.25) is 0 Å². The van der Waals surface area contributed by atoms with E-state index in [1.807, 2.05) is 0 Å². The van der Waals surface area contributed by atoms with Crippen LogP contribution in [-0.4, -0.2) is 62.3 Å². The van der Waals surface area contributed by atoms with Crippen LogP contribution in [0.15, 0.2) is 23.3 Å². The summed E-state index contributed by atoms with van der Waals surface area (Å²) in [5, 5.41) is 3.03. The van der Waals surface area contributed by atoms with Crippen LogP contribution < -0.4 is 5.32 Å². The molecule has 2 rings (SSSR count). The van der Waals surface area contributed by atoms with Crippen molar-refractivity contribution < 1.29 is 42.9 Å². The highest BCUT2D eigenvalue weighted by atomic mass is 16.6. The third kappa shape index (κ3) is 5.78. The van der Waals surface area contributed by atoms with Gasteiger partial charge in [-0.1, -0.05) is 25.8 Å². The Kier molecular flexibility index (Phi) is 11.1. The van der Waals surface area contributed by atoms with Crippen LogP contribution >= 0.6 is 0 Å². The smallest absolute Gasteiger partial charge is 0.325 e. The summed E-state index contributed by atoms with van der Waals surface area (Å²) in [5.74, 6) is -4.88. The Bertz CT molecular complexity index is 939. The van der Waals surface area contributed by atoms with Crippen LogP contribution in [0.4, 0.5) is 0 Å². The van der Waals surface area contributed by atoms with E-state index in [4.69, 9.17) is 18.9 Å². The Morgan fingerprint density at radius 2 is 1.13 bits per heavy atom. The molecule has 0 spiro atoms. The lowest BCUT2D eigenvalue weighted by Crippen LogP contribution is -2.65. The molecule has 0 saturated heterocycles. The topological polar surface area (TPSA) is 134 Å². The van der Waals surface area contributed by atoms with Gasteiger partial charge in [0, 0.05) is 24.5 Å². The highest BCUT2D eigenvalue weighted by Crippen LogP contribution is 2.57. The van der Waals surface area contributed by atoms with E-state index in [1.54, 1.807) is 6.92 Å². The first-order valence-corrected chi connectivity index (χ1v) is 13.4. The van der Waals surface area contributed by atoms with Crippen LogP contribution in [0.5, 0.6) is 0 Å². The van der Waals surface area contributed by atoms with Gasteiger partial charge in [-0.3, -0.25) is 24.0 Å². The molecule has 0 heterocycles. The number of amides is 1. The minimum Gasteiger partial charge on any atom is -0.465 e. The van der Waals surface area contributed by atoms with Gasteiger partial charge in [-0.15, -0.1) is 0 Å². The van der Waals surface area contributed by atoms with Gasteiger partial charge < -0.3 is 24.3 Å². The van der Waals surface area contributed by atoms with Crippen molar-refractivity contribution in [3.8, 4) is 0 Å². The molecule has 2 saturated carbocycles. The minimum atomic E-state index is -2.50. The van der Waals surface area contributed by atoms with E-state index in [2.05, 4.69) is 11.9 Å². The van der Waals surface area contributed by atoms with Gasteiger partial charge in [0.15, 0.2) is 10.8 Å². The van der Waals surface area contributed by atoms with E-state index in [0.717, 1.165) is 32.1 Å². The fraction of sp³-hybridized carbons (Fsp3) is 0.679. The number of carbonyl (C=O) groups excluding carboxylic acids is 5. The van der Waals surface area contributed by atoms with E-state index < -0.39 is 47.5 Å². The third-order valence-corrected chi connectivity index (χ3v) is 7.31. The molecule has 0 aromatic carbocycles. The predicted octanol–water partition coefficient (Wildman–Crippen LogP) is 3.33. The fourth-order valence-corrected chi connectivity index (χ4v) is 5.36. The zero-order chi connectivity index (χ0) is 28.5. The number of ether oxygens (including phenoxy) is 4. The summed E-state index contributed by atoms with van der Waals surface area (Å²) < 4.78 is 21.1. The maximum atomic E-state index is 13.7. The molecule has 1 amide bonds. The van der Waals surface area contributed by atoms with Crippen molar-refractivity contribution in [2.45, 2.75) is 85.6 Å². The molecular weight excluding hydrogens is 494 g/mol. The molecule has 0 aliphatic heterocycles. The summed E-state index contributed by atoms with van der Waals surface area (Å²) >= 11 is 0. The number of rotatable bonds is 10. The number of nitrogens with one attached hydrogen (secondary N) is 1. The Labute approximate surface area is 224 Å². The van der Waals surface area contributed by atoms with E-state index in [1.165, 1.54) is 27.7 Å². The van der Waals surface area contributed by atoms with Crippen LogP contribution in [0.3, 0.4) is 0 Å². The molecule has 1 N–H and O–H groups in total. The van der Waals surface area contributed by atoms with Gasteiger partial charge in [-0.25, -0.2) is 0 Å². The maximum absolute atomic E-state index is 13.7. The zero-order valence-corrected chi connectivity index (χ0v) is 23.2. The fourth-order valence-electron chi connectivity index (χ4n) is 5.36. The third-order valence-electron chi connectivity index (χ3n) is 7.31. The average molecular weight is 536 g/mol. The van der Waals surface area contributed by atoms with Crippen LogP contribution in [-0.2, 0) is 42.9 Å². The SMILES string of the molecule is C=C1CC(C(=O)OCC)(C(=O)OCC)C(C(=O)OCC)(C(=O)OCC)C/C1=C(\C)C(=O)NC1CCCCC1. The van der Waals surface area contributed by atoms with E-state index >= 15 is 0 Å². The lowest BCUT2D eigenvalue weighted by Gasteiger charge is -2.47. The lowest BCUT2D eigenvalue weighted by atomic mass is 9.52. The Balaban J connectivity index is 2.79. The lowest BCUT2D eigenvalue weighted by molar-refractivity contribution is -0.204. The summed E-state index contributed by atoms with van der Waals surface area (Å²) in [5.41, 5.74) is -4.20. The summed E-state index contributed by atoms with van der Waals surface area (Å²) in [6.07, 6.45) is 3.86. The molecule has 0 bridgehead atoms. The first-order chi connectivity index (χ1) is 18.1. The standard InChI is InChI=1S/C28H41NO9/c1-7-35-23(31)27(24(32)36-8-2)16-18(5)21(19(6)22(30)29-20-14-12-11-13-15-20)17-28(27,25(33)37-9-3)26(34)38-10-4/h20H,5,7-17H2,1-4,6H3,(H,29,30)/b21-19-. The zero-order valence-electron chi connectivity index (χ0n) is 23.2. The van der Waals surface area contributed by atoms with Crippen molar-refractivity contribution >= 4 is 29.8 Å². The summed E-state index contributed by atoms with van der Waals surface area (Å²) in [7, 11) is 0. The van der Waals surface area contributed by atoms with Gasteiger partial charge in [-0.2, -0.15) is 0 Å². The highest BCUT2D eigenvalue weighted by molar-refractivity contribution is 6.16. The molecule has 0 aromatic rings. The van der Waals surface area contributed by atoms with Gasteiger partial charge in [0.2, 0.25) is 5.91 Å². The second kappa shape index (κ2) is 13.6. The number of esters is 4. The average Bonchev–Trinajstić information content (AvgIpc) is 2.89. The second-order valence-corrected chi connectivity index (χ2v) is 9.56. The molecule has 0 radical (unpaired) electrons. The number of carbonyl (C=O) groups is 5. The molecule has 2 aliphatic carbocycles. The molecule has 212 valence electrons. The van der Waals surface area contributed by atoms with Gasteiger partial charge in [0.1, 0.15) is 0 Å². The maximum Gasteiger partial charge on any atom is 0.325 e. The van der Waals surface area contributed by atoms with Crippen molar-refractivity contribution in [2.24, 2.45) is 10.8 Å². The number of allylic oxidation sites excluding steroid dienone is 2. The van der Waals surface area contributed by atoms with Gasteiger partial charge in [0.25, 0.3) is 0 Å². The van der Waals surface area contributed by atoms with Crippen molar-refractivity contribution in [3.05, 3.63) is 23.3 Å². The van der Waals surface area contributed by atoms with E-state index in [9.17, 15) is 24.0 Å². The van der Waals surface area contributed by atoms with Gasteiger partial charge in [0.05, 0.1) is 26.4 Å². The number of hydrogen-bond donors (Lipinski definition) is 1. The molecule has 2 aliphatic rings. The first-order valence-electron chi connectivity index (χ1n) is 13.4. The molecular formula is C28H41NO9. The number of hydrogen-bond acceptors (Lipinski definition) is 9. The molecule has 0 aromatic heterocycles. The second-order valence-electron chi connectivity index (χ2n) is 9.56. The summed E-state index contributed by atoms with van der Waals surface area (Å²) in [6, 6.07) is 0.0154. The normalized spacial score (nSPS) is 20.1. The van der Waals surface area contributed by atoms with Crippen LogP contribution in [0.1, 0.15) is 79.6 Å². The van der Waals surface area contributed by atoms with E-state index in [0.29, 0.717) is 0 Å². The Morgan fingerprint density at radius 3 is 1.53 bits per heavy atom. The van der Waals surface area contributed by atoms with Gasteiger partial charge in [-0.05, 0) is 58.6 Å². The minimum absolute atomic E-state index is 0.0154. The van der Waals surface area contributed by atoms with Crippen LogP contribution in [0.25, 0.3) is 0 Å².